The van der Waals surface area contributed by atoms with Crippen molar-refractivity contribution in [2.75, 3.05) is 11.9 Å². The summed E-state index contributed by atoms with van der Waals surface area (Å²) in [6, 6.07) is 7.95. The highest BCUT2D eigenvalue weighted by Gasteiger charge is 2.49. The first kappa shape index (κ1) is 11.2. The molecule has 1 heterocycles. The fourth-order valence-electron chi connectivity index (χ4n) is 2.63. The van der Waals surface area contributed by atoms with Crippen LogP contribution in [0.5, 0.6) is 0 Å². The molecule has 1 saturated carbocycles. The van der Waals surface area contributed by atoms with Crippen molar-refractivity contribution in [3.8, 4) is 6.07 Å². The van der Waals surface area contributed by atoms with Gasteiger partial charge >= 0.3 is 0 Å². The van der Waals surface area contributed by atoms with Gasteiger partial charge in [-0.25, -0.2) is 0 Å². The quantitative estimate of drug-likeness (QED) is 0.853. The van der Waals surface area contributed by atoms with E-state index in [2.05, 4.69) is 6.07 Å². The third-order valence-corrected chi connectivity index (χ3v) is 4.15. The summed E-state index contributed by atoms with van der Waals surface area (Å²) in [5, 5.41) is 9.17. The Morgan fingerprint density at radius 1 is 1.50 bits per heavy atom. The number of hydrogen-bond donors (Lipinski definition) is 1. The monoisotopic (exact) mass is 241 g/mol. The van der Waals surface area contributed by atoms with Crippen LogP contribution in [0.15, 0.2) is 18.2 Å². The molecule has 2 N–H and O–H groups in total. The minimum Gasteiger partial charge on any atom is -0.323 e. The van der Waals surface area contributed by atoms with Gasteiger partial charge in [-0.1, -0.05) is 12.1 Å². The van der Waals surface area contributed by atoms with Gasteiger partial charge in [-0.3, -0.25) is 4.79 Å². The number of nitrogens with zero attached hydrogens (tertiary/aromatic N) is 2. The molecule has 1 amide bonds. The van der Waals surface area contributed by atoms with E-state index in [1.54, 1.807) is 11.9 Å². The Morgan fingerprint density at radius 2 is 2.22 bits per heavy atom. The van der Waals surface area contributed by atoms with Crippen molar-refractivity contribution in [1.82, 2.24) is 0 Å². The van der Waals surface area contributed by atoms with Crippen molar-refractivity contribution < 1.29 is 4.79 Å². The zero-order valence-corrected chi connectivity index (χ0v) is 10.3. The highest BCUT2D eigenvalue weighted by atomic mass is 16.2. The predicted octanol–water partition coefficient (Wildman–Crippen LogP) is 1.51. The first-order chi connectivity index (χ1) is 8.57. The van der Waals surface area contributed by atoms with E-state index in [-0.39, 0.29) is 17.4 Å². The fraction of sp³-hybridized carbons (Fsp3) is 0.429. The van der Waals surface area contributed by atoms with Gasteiger partial charge in [0.2, 0.25) is 5.91 Å². The Balaban J connectivity index is 1.95. The predicted molar refractivity (Wildman–Crippen MR) is 67.8 cm³/mol. The van der Waals surface area contributed by atoms with E-state index in [1.165, 1.54) is 0 Å². The van der Waals surface area contributed by atoms with Crippen LogP contribution >= 0.6 is 0 Å². The topological polar surface area (TPSA) is 70.1 Å². The molecule has 1 atom stereocenters. The lowest BCUT2D eigenvalue weighted by Gasteiger charge is -2.18. The minimum atomic E-state index is -0.372. The van der Waals surface area contributed by atoms with Crippen LogP contribution in [0.3, 0.4) is 0 Å². The van der Waals surface area contributed by atoms with E-state index in [0.717, 1.165) is 29.7 Å². The molecule has 4 nitrogen and oxygen atoms in total. The summed E-state index contributed by atoms with van der Waals surface area (Å²) in [6.07, 6.45) is 2.19. The Bertz CT molecular complexity index is 569. The molecule has 1 aliphatic carbocycles. The van der Waals surface area contributed by atoms with Crippen molar-refractivity contribution >= 4 is 11.6 Å². The van der Waals surface area contributed by atoms with Crippen LogP contribution in [0.4, 0.5) is 5.69 Å². The fourth-order valence-corrected chi connectivity index (χ4v) is 2.63. The molecule has 92 valence electrons. The van der Waals surface area contributed by atoms with Gasteiger partial charge in [-0.05, 0) is 30.0 Å². The van der Waals surface area contributed by atoms with Crippen molar-refractivity contribution in [3.05, 3.63) is 29.3 Å². The molecular formula is C14H15N3O. The third kappa shape index (κ3) is 1.44. The number of rotatable bonds is 2. The Hall–Kier alpha value is -1.86. The second-order valence-electron chi connectivity index (χ2n) is 5.26. The zero-order chi connectivity index (χ0) is 12.9. The summed E-state index contributed by atoms with van der Waals surface area (Å²) in [5.74, 6) is 0.108. The number of fused-ring (bicyclic) bond motifs is 1. The third-order valence-electron chi connectivity index (χ3n) is 4.15. The first-order valence-electron chi connectivity index (χ1n) is 6.14. The number of likely N-dealkylation sites (N-methyl/N-ethyl adjacent to an activating group) is 1. The van der Waals surface area contributed by atoms with E-state index >= 15 is 0 Å². The molecule has 3 rings (SSSR count). The lowest BCUT2D eigenvalue weighted by molar-refractivity contribution is -0.117. The number of hydrogen-bond acceptors (Lipinski definition) is 3. The molecule has 1 aromatic carbocycles. The van der Waals surface area contributed by atoms with Crippen molar-refractivity contribution in [3.63, 3.8) is 0 Å². The molecule has 0 bridgehead atoms. The first-order valence-corrected chi connectivity index (χ1v) is 6.14. The highest BCUT2D eigenvalue weighted by Crippen LogP contribution is 2.53. The zero-order valence-electron chi connectivity index (χ0n) is 10.3. The van der Waals surface area contributed by atoms with Gasteiger partial charge in [0.05, 0.1) is 17.9 Å². The summed E-state index contributed by atoms with van der Waals surface area (Å²) in [4.78, 5) is 13.3. The second kappa shape index (κ2) is 3.56. The van der Waals surface area contributed by atoms with Crippen LogP contribution < -0.4 is 10.6 Å². The van der Waals surface area contributed by atoms with E-state index in [4.69, 9.17) is 5.73 Å². The second-order valence-corrected chi connectivity index (χ2v) is 5.26. The molecule has 0 spiro atoms. The average Bonchev–Trinajstić information content (AvgIpc) is 3.12. The lowest BCUT2D eigenvalue weighted by Crippen LogP contribution is -2.21. The smallest absolute Gasteiger partial charge is 0.231 e. The van der Waals surface area contributed by atoms with Crippen molar-refractivity contribution in [1.29, 1.82) is 5.26 Å². The van der Waals surface area contributed by atoms with E-state index in [1.807, 2.05) is 18.2 Å². The molecule has 1 fully saturated rings. The molecule has 0 radical (unpaired) electrons. The molecule has 1 aliphatic heterocycles. The number of benzene rings is 1. The van der Waals surface area contributed by atoms with E-state index in [0.29, 0.717) is 6.42 Å². The molecule has 0 saturated heterocycles. The van der Waals surface area contributed by atoms with Crippen molar-refractivity contribution in [2.45, 2.75) is 25.3 Å². The van der Waals surface area contributed by atoms with Crippen LogP contribution in [0.1, 0.15) is 30.0 Å². The number of nitrogens with two attached hydrogens (primary N) is 1. The normalized spacial score (nSPS) is 21.4. The summed E-state index contributed by atoms with van der Waals surface area (Å²) >= 11 is 0. The number of amides is 1. The van der Waals surface area contributed by atoms with E-state index in [9.17, 15) is 10.1 Å². The Morgan fingerprint density at radius 3 is 2.83 bits per heavy atom. The van der Waals surface area contributed by atoms with Gasteiger partial charge in [-0.15, -0.1) is 0 Å². The van der Waals surface area contributed by atoms with Crippen LogP contribution in [0.2, 0.25) is 0 Å². The maximum absolute atomic E-state index is 11.6. The van der Waals surface area contributed by atoms with Gasteiger partial charge < -0.3 is 10.6 Å². The lowest BCUT2D eigenvalue weighted by atomic mass is 9.91. The van der Waals surface area contributed by atoms with Crippen LogP contribution in [0, 0.1) is 16.7 Å². The number of nitriles is 1. The summed E-state index contributed by atoms with van der Waals surface area (Å²) in [7, 11) is 1.78. The summed E-state index contributed by atoms with van der Waals surface area (Å²) in [5.41, 5.74) is 8.76. The van der Waals surface area contributed by atoms with Crippen LogP contribution in [-0.4, -0.2) is 13.0 Å². The maximum atomic E-state index is 11.6. The minimum absolute atomic E-state index is 0.108. The van der Waals surface area contributed by atoms with Crippen molar-refractivity contribution in [2.24, 2.45) is 11.1 Å². The molecule has 1 unspecified atom stereocenters. The number of anilines is 1. The Labute approximate surface area is 106 Å². The highest BCUT2D eigenvalue weighted by molar-refractivity contribution is 6.00. The maximum Gasteiger partial charge on any atom is 0.231 e. The number of carbonyl (C=O) groups is 1. The molecule has 18 heavy (non-hydrogen) atoms. The average molecular weight is 241 g/mol. The molecule has 2 aliphatic rings. The van der Waals surface area contributed by atoms with Crippen LogP contribution in [-0.2, 0) is 11.2 Å². The standard InChI is InChI=1S/C14H15N3O/c1-17-11-3-2-9(6-10(11)7-12(17)18)13(16)14(8-15)4-5-14/h2-3,6,13H,4-5,7,16H2,1H3. The van der Waals surface area contributed by atoms with Gasteiger partial charge in [0.25, 0.3) is 0 Å². The van der Waals surface area contributed by atoms with E-state index < -0.39 is 0 Å². The molecular weight excluding hydrogens is 226 g/mol. The largest absolute Gasteiger partial charge is 0.323 e. The number of carbonyl (C=O) groups excluding carboxylic acids is 1. The van der Waals surface area contributed by atoms with Gasteiger partial charge in [-0.2, -0.15) is 5.26 Å². The summed E-state index contributed by atoms with van der Waals surface area (Å²) < 4.78 is 0. The molecule has 0 aromatic heterocycles. The van der Waals surface area contributed by atoms with Gasteiger partial charge in [0, 0.05) is 18.8 Å². The Kier molecular flexibility index (Phi) is 2.23. The van der Waals surface area contributed by atoms with Gasteiger partial charge in [0.15, 0.2) is 0 Å². The summed E-state index contributed by atoms with van der Waals surface area (Å²) in [6.45, 7) is 0. The SMILES string of the molecule is CN1C(=O)Cc2cc(C(N)C3(C#N)CC3)ccc21. The molecule has 4 heteroatoms. The molecule has 1 aromatic rings. The van der Waals surface area contributed by atoms with Crippen LogP contribution in [0.25, 0.3) is 0 Å². The van der Waals surface area contributed by atoms with Gasteiger partial charge in [0.1, 0.15) is 0 Å².